The van der Waals surface area contributed by atoms with Gasteiger partial charge < -0.3 is 35.0 Å². The molecule has 6 N–H and O–H groups in total. The molecule has 1 aliphatic rings. The number of rotatable bonds is 9. The second-order valence-corrected chi connectivity index (χ2v) is 9.57. The van der Waals surface area contributed by atoms with Gasteiger partial charge in [-0.2, -0.15) is 0 Å². The Bertz CT molecular complexity index is 889. The third-order valence-corrected chi connectivity index (χ3v) is 6.98. The minimum Gasteiger partial charge on any atom is -0.491 e. The first-order chi connectivity index (χ1) is 15.3. The van der Waals surface area contributed by atoms with Crippen molar-refractivity contribution in [3.05, 3.63) is 40.6 Å². The number of aryl methyl sites for hydroxylation is 1. The maximum atomic E-state index is 10.4. The quantitative estimate of drug-likeness (QED) is 0.313. The zero-order valence-electron chi connectivity index (χ0n) is 18.4. The highest BCUT2D eigenvalue weighted by atomic mass is 32.2. The minimum atomic E-state index is -1.43. The number of hydrogen-bond acceptors (Lipinski definition) is 9. The van der Waals surface area contributed by atoms with Gasteiger partial charge in [-0.25, -0.2) is 0 Å². The lowest BCUT2D eigenvalue weighted by Crippen LogP contribution is -2.55. The molecule has 1 aromatic carbocycles. The Morgan fingerprint density at radius 1 is 1.12 bits per heavy atom. The van der Waals surface area contributed by atoms with Crippen molar-refractivity contribution in [2.75, 3.05) is 19.8 Å². The van der Waals surface area contributed by atoms with E-state index in [1.807, 2.05) is 39.0 Å². The van der Waals surface area contributed by atoms with Crippen LogP contribution in [0.25, 0.3) is 0 Å². The molecule has 1 aliphatic heterocycles. The van der Waals surface area contributed by atoms with Crippen LogP contribution in [0.1, 0.15) is 42.1 Å². The molecule has 9 nitrogen and oxygen atoms in total. The summed E-state index contributed by atoms with van der Waals surface area (Å²) in [6.45, 7) is 5.86. The molecule has 1 saturated heterocycles. The molecule has 0 spiro atoms. The number of aliphatic hydroxyl groups excluding tert-OH is 5. The molecular weight excluding hydrogens is 436 g/mol. The van der Waals surface area contributed by atoms with Crippen LogP contribution in [0.5, 0.6) is 11.6 Å². The van der Waals surface area contributed by atoms with Crippen LogP contribution < -0.4 is 9.47 Å². The molecule has 0 radical (unpaired) electrons. The van der Waals surface area contributed by atoms with Gasteiger partial charge in [0.25, 0.3) is 0 Å². The standard InChI is InChI=1S/C22H32N2O7S/c1-11(2)17-15(9-13-4-5-14(8-12(13)3)30-7-6-25)21(24-23-17)31-22-20(29)19(28)18(27)16(10-26)32-22/h4-5,8,11,16,18-20,22,25-29H,6-7,9-10H2,1-3H3,(H,23,24)/t16-,18-,19?,20-,22-/m1/s1. The fraction of sp³-hybridized carbons (Fsp3) is 0.591. The van der Waals surface area contributed by atoms with E-state index in [1.54, 1.807) is 0 Å². The maximum Gasteiger partial charge on any atom is 0.237 e. The molecule has 0 aliphatic carbocycles. The number of nitrogens with one attached hydrogen (secondary N) is 1. The van der Waals surface area contributed by atoms with Crippen molar-refractivity contribution >= 4 is 11.8 Å². The van der Waals surface area contributed by atoms with Crippen molar-refractivity contribution in [1.29, 1.82) is 0 Å². The van der Waals surface area contributed by atoms with E-state index in [1.165, 1.54) is 0 Å². The topological polar surface area (TPSA) is 148 Å². The van der Waals surface area contributed by atoms with Gasteiger partial charge in [0.15, 0.2) is 5.44 Å². The van der Waals surface area contributed by atoms with E-state index in [4.69, 9.17) is 14.6 Å². The van der Waals surface area contributed by atoms with E-state index in [0.29, 0.717) is 18.1 Å². The monoisotopic (exact) mass is 468 g/mol. The second kappa shape index (κ2) is 10.9. The molecule has 0 bridgehead atoms. The Morgan fingerprint density at radius 2 is 1.88 bits per heavy atom. The van der Waals surface area contributed by atoms with Gasteiger partial charge >= 0.3 is 0 Å². The van der Waals surface area contributed by atoms with E-state index in [-0.39, 0.29) is 25.7 Å². The van der Waals surface area contributed by atoms with Crippen LogP contribution in [0.15, 0.2) is 18.2 Å². The van der Waals surface area contributed by atoms with E-state index in [9.17, 15) is 20.4 Å². The number of nitrogens with zero attached hydrogens (tertiary/aromatic N) is 1. The summed E-state index contributed by atoms with van der Waals surface area (Å²) < 4.78 is 11.5. The molecule has 1 aromatic heterocycles. The van der Waals surface area contributed by atoms with E-state index < -0.39 is 29.0 Å². The molecule has 10 heteroatoms. The van der Waals surface area contributed by atoms with Crippen LogP contribution in [-0.4, -0.2) is 84.5 Å². The zero-order chi connectivity index (χ0) is 23.4. The van der Waals surface area contributed by atoms with Crippen LogP contribution >= 0.6 is 11.8 Å². The smallest absolute Gasteiger partial charge is 0.237 e. The van der Waals surface area contributed by atoms with Crippen LogP contribution in [0.4, 0.5) is 0 Å². The SMILES string of the molecule is Cc1cc(OCCO)ccc1Cc1c(O[C@@H]2S[C@H](CO)[C@@H](O)C(O)[C@H]2O)n[nH]c1C(C)C. The first-order valence-corrected chi connectivity index (χ1v) is 11.6. The van der Waals surface area contributed by atoms with Crippen molar-refractivity contribution in [2.45, 2.75) is 62.1 Å². The number of aliphatic hydroxyl groups is 5. The van der Waals surface area contributed by atoms with E-state index in [0.717, 1.165) is 34.1 Å². The van der Waals surface area contributed by atoms with E-state index in [2.05, 4.69) is 10.2 Å². The van der Waals surface area contributed by atoms with Crippen molar-refractivity contribution in [3.63, 3.8) is 0 Å². The van der Waals surface area contributed by atoms with Gasteiger partial charge in [0.2, 0.25) is 5.88 Å². The average Bonchev–Trinajstić information content (AvgIpc) is 3.16. The predicted molar refractivity (Wildman–Crippen MR) is 120 cm³/mol. The first kappa shape index (κ1) is 24.8. The van der Waals surface area contributed by atoms with Gasteiger partial charge in [-0.15, -0.1) is 16.9 Å². The predicted octanol–water partition coefficient (Wildman–Crippen LogP) is 0.699. The molecule has 32 heavy (non-hydrogen) atoms. The Kier molecular flexibility index (Phi) is 8.43. The highest BCUT2D eigenvalue weighted by Gasteiger charge is 2.44. The third kappa shape index (κ3) is 5.38. The van der Waals surface area contributed by atoms with Gasteiger partial charge in [0.05, 0.1) is 24.6 Å². The Morgan fingerprint density at radius 3 is 2.50 bits per heavy atom. The lowest BCUT2D eigenvalue weighted by molar-refractivity contribution is -0.0915. The summed E-state index contributed by atoms with van der Waals surface area (Å²) in [7, 11) is 0. The normalized spacial score (nSPS) is 25.8. The summed E-state index contributed by atoms with van der Waals surface area (Å²) in [6.07, 6.45) is -3.50. The molecule has 1 unspecified atom stereocenters. The number of aromatic nitrogens is 2. The number of thioether (sulfide) groups is 1. The summed E-state index contributed by atoms with van der Waals surface area (Å²) in [5.74, 6) is 1.13. The fourth-order valence-electron chi connectivity index (χ4n) is 3.69. The number of H-pyrrole nitrogens is 1. The highest BCUT2D eigenvalue weighted by Crippen LogP contribution is 2.36. The summed E-state index contributed by atoms with van der Waals surface area (Å²) in [5.41, 5.74) is 2.88. The molecule has 0 amide bonds. The minimum absolute atomic E-state index is 0.0534. The highest BCUT2D eigenvalue weighted by molar-refractivity contribution is 8.00. The van der Waals surface area contributed by atoms with Gasteiger partial charge in [-0.3, -0.25) is 5.10 Å². The summed E-state index contributed by atoms with van der Waals surface area (Å²) in [6, 6.07) is 5.71. The van der Waals surface area contributed by atoms with Crippen LogP contribution in [0.3, 0.4) is 0 Å². The van der Waals surface area contributed by atoms with Gasteiger partial charge in [0, 0.05) is 17.7 Å². The lowest BCUT2D eigenvalue weighted by atomic mass is 9.97. The van der Waals surface area contributed by atoms with Crippen molar-refractivity contribution in [2.24, 2.45) is 0 Å². The number of ether oxygens (including phenoxy) is 2. The molecule has 2 heterocycles. The Labute approximate surface area is 191 Å². The summed E-state index contributed by atoms with van der Waals surface area (Å²) in [4.78, 5) is 0. The molecule has 3 rings (SSSR count). The Balaban J connectivity index is 1.85. The molecule has 1 fully saturated rings. The Hall–Kier alpha value is -1.82. The molecular formula is C22H32N2O7S. The third-order valence-electron chi connectivity index (χ3n) is 5.56. The average molecular weight is 469 g/mol. The fourth-order valence-corrected chi connectivity index (χ4v) is 4.91. The lowest BCUT2D eigenvalue weighted by Gasteiger charge is -2.38. The molecule has 178 valence electrons. The summed E-state index contributed by atoms with van der Waals surface area (Å²) in [5, 5.41) is 55.7. The van der Waals surface area contributed by atoms with Gasteiger partial charge in [-0.05, 0) is 36.1 Å². The zero-order valence-corrected chi connectivity index (χ0v) is 19.2. The van der Waals surface area contributed by atoms with Crippen LogP contribution in [0, 0.1) is 6.92 Å². The van der Waals surface area contributed by atoms with Crippen molar-refractivity contribution < 1.29 is 35.0 Å². The van der Waals surface area contributed by atoms with Crippen molar-refractivity contribution in [3.8, 4) is 11.6 Å². The van der Waals surface area contributed by atoms with Gasteiger partial charge in [-0.1, -0.05) is 19.9 Å². The number of hydrogen-bond donors (Lipinski definition) is 6. The van der Waals surface area contributed by atoms with Crippen LogP contribution in [0.2, 0.25) is 0 Å². The van der Waals surface area contributed by atoms with Gasteiger partial charge in [0.1, 0.15) is 24.6 Å². The molecule has 2 aromatic rings. The van der Waals surface area contributed by atoms with E-state index >= 15 is 0 Å². The maximum absolute atomic E-state index is 10.4. The van der Waals surface area contributed by atoms with Crippen LogP contribution in [-0.2, 0) is 6.42 Å². The molecule has 0 saturated carbocycles. The largest absolute Gasteiger partial charge is 0.491 e. The number of benzene rings is 1. The molecule has 5 atom stereocenters. The second-order valence-electron chi connectivity index (χ2n) is 8.23. The first-order valence-electron chi connectivity index (χ1n) is 10.6. The van der Waals surface area contributed by atoms with Crippen molar-refractivity contribution in [1.82, 2.24) is 10.2 Å². The summed E-state index contributed by atoms with van der Waals surface area (Å²) >= 11 is 1.07. The number of aromatic amines is 1.